The van der Waals surface area contributed by atoms with Gasteiger partial charge in [-0.3, -0.25) is 0 Å². The number of nitrogens with one attached hydrogen (secondary N) is 1. The molecule has 0 spiro atoms. The van der Waals surface area contributed by atoms with Crippen LogP contribution in [0.5, 0.6) is 0 Å². The van der Waals surface area contributed by atoms with Crippen LogP contribution in [0.15, 0.2) is 53.1 Å². The van der Waals surface area contributed by atoms with Gasteiger partial charge in [0.25, 0.3) is 0 Å². The first-order chi connectivity index (χ1) is 11.0. The Morgan fingerprint density at radius 1 is 1.17 bits per heavy atom. The Morgan fingerprint density at radius 2 is 1.91 bits per heavy atom. The number of benzene rings is 1. The van der Waals surface area contributed by atoms with Gasteiger partial charge in [-0.15, -0.1) is 0 Å². The molecule has 6 heteroatoms. The van der Waals surface area contributed by atoms with Crippen LogP contribution in [0.4, 0.5) is 0 Å². The molecular formula is C17H21NO4S. The number of furan rings is 1. The molecule has 1 aliphatic rings. The highest BCUT2D eigenvalue weighted by molar-refractivity contribution is 7.89. The van der Waals surface area contributed by atoms with Crippen molar-refractivity contribution in [2.45, 2.75) is 24.9 Å². The second-order valence-corrected chi connectivity index (χ2v) is 7.98. The van der Waals surface area contributed by atoms with Crippen LogP contribution in [0, 0.1) is 5.92 Å². The predicted molar refractivity (Wildman–Crippen MR) is 87.3 cm³/mol. The summed E-state index contributed by atoms with van der Waals surface area (Å²) >= 11 is 0. The van der Waals surface area contributed by atoms with Crippen molar-refractivity contribution in [3.63, 3.8) is 0 Å². The molecule has 1 aromatic heterocycles. The molecule has 0 saturated heterocycles. The highest BCUT2D eigenvalue weighted by Gasteiger charge is 2.47. The lowest BCUT2D eigenvalue weighted by Gasteiger charge is -2.26. The molecule has 1 atom stereocenters. The molecule has 23 heavy (non-hydrogen) atoms. The Kier molecular flexibility index (Phi) is 4.57. The van der Waals surface area contributed by atoms with Crippen LogP contribution in [-0.2, 0) is 22.0 Å². The molecule has 0 aliphatic heterocycles. The van der Waals surface area contributed by atoms with Gasteiger partial charge in [-0.2, -0.15) is 0 Å². The molecule has 0 bridgehead atoms. The summed E-state index contributed by atoms with van der Waals surface area (Å²) in [7, 11) is -3.46. The average molecular weight is 335 g/mol. The van der Waals surface area contributed by atoms with Gasteiger partial charge in [0.1, 0.15) is 11.4 Å². The van der Waals surface area contributed by atoms with E-state index in [1.165, 1.54) is 6.26 Å². The SMILES string of the molecule is O=S(=O)(CCc1ccccc1)NCC(O)(c1ccco1)C1CC1. The third-order valence-corrected chi connectivity index (χ3v) is 5.59. The fourth-order valence-electron chi connectivity index (χ4n) is 2.71. The van der Waals surface area contributed by atoms with Gasteiger partial charge in [-0.05, 0) is 42.9 Å². The lowest BCUT2D eigenvalue weighted by atomic mass is 9.95. The van der Waals surface area contributed by atoms with Crippen LogP contribution >= 0.6 is 0 Å². The normalized spacial score (nSPS) is 17.8. The van der Waals surface area contributed by atoms with E-state index >= 15 is 0 Å². The molecule has 124 valence electrons. The minimum absolute atomic E-state index is 0.00405. The maximum Gasteiger partial charge on any atom is 0.212 e. The summed E-state index contributed by atoms with van der Waals surface area (Å²) in [6, 6.07) is 12.9. The fourth-order valence-corrected chi connectivity index (χ4v) is 3.80. The lowest BCUT2D eigenvalue weighted by molar-refractivity contribution is -0.00224. The van der Waals surface area contributed by atoms with Gasteiger partial charge >= 0.3 is 0 Å². The molecule has 1 aromatic carbocycles. The van der Waals surface area contributed by atoms with Gasteiger partial charge in [0.05, 0.1) is 12.0 Å². The van der Waals surface area contributed by atoms with Crippen LogP contribution in [-0.4, -0.2) is 25.8 Å². The first kappa shape index (κ1) is 16.2. The Balaban J connectivity index is 1.61. The smallest absolute Gasteiger partial charge is 0.212 e. The first-order valence-corrected chi connectivity index (χ1v) is 9.42. The van der Waals surface area contributed by atoms with Crippen LogP contribution < -0.4 is 4.72 Å². The fraction of sp³-hybridized carbons (Fsp3) is 0.412. The molecule has 0 amide bonds. The molecule has 0 radical (unpaired) electrons. The van der Waals surface area contributed by atoms with Gasteiger partial charge in [0.2, 0.25) is 10.0 Å². The number of aryl methyl sites for hydroxylation is 1. The van der Waals surface area contributed by atoms with Crippen molar-refractivity contribution in [1.29, 1.82) is 0 Å². The Morgan fingerprint density at radius 3 is 2.52 bits per heavy atom. The van der Waals surface area contributed by atoms with Crippen molar-refractivity contribution >= 4 is 10.0 Å². The maximum absolute atomic E-state index is 12.2. The minimum atomic E-state index is -3.46. The molecule has 1 fully saturated rings. The Bertz CT molecular complexity index is 723. The van der Waals surface area contributed by atoms with Gasteiger partial charge in [0, 0.05) is 6.54 Å². The van der Waals surface area contributed by atoms with Crippen molar-refractivity contribution in [2.75, 3.05) is 12.3 Å². The largest absolute Gasteiger partial charge is 0.466 e. The molecule has 3 rings (SSSR count). The summed E-state index contributed by atoms with van der Waals surface area (Å²) in [5.41, 5.74) is -0.287. The van der Waals surface area contributed by atoms with E-state index in [9.17, 15) is 13.5 Å². The zero-order valence-corrected chi connectivity index (χ0v) is 13.6. The van der Waals surface area contributed by atoms with Gasteiger partial charge in [-0.25, -0.2) is 13.1 Å². The van der Waals surface area contributed by atoms with E-state index in [4.69, 9.17) is 4.42 Å². The number of aliphatic hydroxyl groups is 1. The van der Waals surface area contributed by atoms with E-state index in [2.05, 4.69) is 4.72 Å². The summed E-state index contributed by atoms with van der Waals surface area (Å²) in [6.07, 6.45) is 3.69. The zero-order valence-electron chi connectivity index (χ0n) is 12.8. The Labute approximate surface area is 136 Å². The molecule has 1 unspecified atom stereocenters. The maximum atomic E-state index is 12.2. The summed E-state index contributed by atoms with van der Waals surface area (Å²) < 4.78 is 32.3. The standard InChI is InChI=1S/C17H21NO4S/c19-17(15-8-9-15,16-7-4-11-22-16)13-18-23(20,21)12-10-14-5-2-1-3-6-14/h1-7,11,15,18-19H,8-10,12-13H2. The molecule has 1 saturated carbocycles. The molecule has 1 aliphatic carbocycles. The van der Waals surface area contributed by atoms with Crippen molar-refractivity contribution in [2.24, 2.45) is 5.92 Å². The first-order valence-electron chi connectivity index (χ1n) is 7.77. The number of hydrogen-bond acceptors (Lipinski definition) is 4. The Hall–Kier alpha value is -1.63. The second kappa shape index (κ2) is 6.47. The van der Waals surface area contributed by atoms with Crippen LogP contribution in [0.3, 0.4) is 0 Å². The molecule has 2 N–H and O–H groups in total. The van der Waals surface area contributed by atoms with Gasteiger partial charge in [-0.1, -0.05) is 30.3 Å². The van der Waals surface area contributed by atoms with Crippen molar-refractivity contribution in [3.05, 3.63) is 60.1 Å². The summed E-state index contributed by atoms with van der Waals surface area (Å²) in [4.78, 5) is 0. The van der Waals surface area contributed by atoms with E-state index < -0.39 is 15.6 Å². The van der Waals surface area contributed by atoms with Gasteiger partial charge < -0.3 is 9.52 Å². The van der Waals surface area contributed by atoms with Crippen LogP contribution in [0.1, 0.15) is 24.2 Å². The van der Waals surface area contributed by atoms with Crippen molar-refractivity contribution in [3.8, 4) is 0 Å². The summed E-state index contributed by atoms with van der Waals surface area (Å²) in [5, 5.41) is 10.8. The van der Waals surface area contributed by atoms with Crippen molar-refractivity contribution < 1.29 is 17.9 Å². The van der Waals surface area contributed by atoms with E-state index in [0.717, 1.165) is 18.4 Å². The predicted octanol–water partition coefficient (Wildman–Crippen LogP) is 2.04. The van der Waals surface area contributed by atoms with E-state index in [0.29, 0.717) is 12.2 Å². The summed E-state index contributed by atoms with van der Waals surface area (Å²) in [6.45, 7) is -0.0533. The monoisotopic (exact) mass is 335 g/mol. The zero-order chi connectivity index (χ0) is 16.3. The highest BCUT2D eigenvalue weighted by Crippen LogP contribution is 2.45. The van der Waals surface area contributed by atoms with E-state index in [1.807, 2.05) is 30.3 Å². The second-order valence-electron chi connectivity index (χ2n) is 6.05. The van der Waals surface area contributed by atoms with Gasteiger partial charge in [0.15, 0.2) is 0 Å². The number of sulfonamides is 1. The molecule has 2 aromatic rings. The lowest BCUT2D eigenvalue weighted by Crippen LogP contribution is -2.43. The molecular weight excluding hydrogens is 314 g/mol. The number of hydrogen-bond donors (Lipinski definition) is 2. The highest BCUT2D eigenvalue weighted by atomic mass is 32.2. The van der Waals surface area contributed by atoms with Crippen LogP contribution in [0.25, 0.3) is 0 Å². The van der Waals surface area contributed by atoms with E-state index in [-0.39, 0.29) is 18.2 Å². The average Bonchev–Trinajstić information content (AvgIpc) is 3.27. The summed E-state index contributed by atoms with van der Waals surface area (Å²) in [5.74, 6) is 0.465. The third kappa shape index (κ3) is 4.02. The van der Waals surface area contributed by atoms with E-state index in [1.54, 1.807) is 12.1 Å². The molecule has 1 heterocycles. The topological polar surface area (TPSA) is 79.5 Å². The molecule has 5 nitrogen and oxygen atoms in total. The van der Waals surface area contributed by atoms with Crippen molar-refractivity contribution in [1.82, 2.24) is 4.72 Å². The quantitative estimate of drug-likeness (QED) is 0.774. The number of rotatable bonds is 8. The third-order valence-electron chi connectivity index (χ3n) is 4.26. The van der Waals surface area contributed by atoms with Crippen LogP contribution in [0.2, 0.25) is 0 Å². The minimum Gasteiger partial charge on any atom is -0.466 e.